The van der Waals surface area contributed by atoms with E-state index >= 15 is 0 Å². The molecule has 0 bridgehead atoms. The first kappa shape index (κ1) is 19.7. The van der Waals surface area contributed by atoms with E-state index in [1.54, 1.807) is 22.8 Å². The molecule has 28 heavy (non-hydrogen) atoms. The maximum atomic E-state index is 13.2. The summed E-state index contributed by atoms with van der Waals surface area (Å²) in [7, 11) is 0. The van der Waals surface area contributed by atoms with Gasteiger partial charge in [-0.05, 0) is 50.8 Å². The second kappa shape index (κ2) is 8.43. The maximum absolute atomic E-state index is 13.2. The van der Waals surface area contributed by atoms with E-state index in [0.717, 1.165) is 45.4 Å². The van der Waals surface area contributed by atoms with Crippen molar-refractivity contribution in [1.29, 1.82) is 0 Å². The second-order valence-corrected chi connectivity index (χ2v) is 9.14. The Balaban J connectivity index is 1.69. The molecule has 3 heterocycles. The topological polar surface area (TPSA) is 64.4 Å². The Kier molecular flexibility index (Phi) is 5.94. The number of amides is 1. The molecule has 0 aliphatic carbocycles. The van der Waals surface area contributed by atoms with Gasteiger partial charge in [0.2, 0.25) is 5.91 Å². The number of carbonyl (C=O) groups is 1. The molecule has 8 heteroatoms. The van der Waals surface area contributed by atoms with Crippen LogP contribution in [0.25, 0.3) is 10.9 Å². The average Bonchev–Trinajstić information content (AvgIpc) is 3.38. The number of aromatic nitrogens is 2. The molecule has 1 aromatic carbocycles. The molecule has 4 rings (SSSR count). The standard InChI is InChI=1S/C20H24ClN3O3S/c1-13(18(25)23-8-2-3-9-23)28-20-22-17-11-14(21)6-7-16(17)19(26)24(20)12-15-5-4-10-27-15/h6-7,11,13,15H,2-5,8-10,12H2,1H3/t13-,15-/m1/s1. The van der Waals surface area contributed by atoms with E-state index in [0.29, 0.717) is 27.6 Å². The smallest absolute Gasteiger partial charge is 0.262 e. The van der Waals surface area contributed by atoms with Crippen LogP contribution in [-0.4, -0.2) is 51.4 Å². The first-order valence-corrected chi connectivity index (χ1v) is 11.1. The minimum absolute atomic E-state index is 0.00758. The third-order valence-corrected chi connectivity index (χ3v) is 6.65. The van der Waals surface area contributed by atoms with Crippen LogP contribution in [0.15, 0.2) is 28.2 Å². The van der Waals surface area contributed by atoms with E-state index in [1.165, 1.54) is 11.8 Å². The average molecular weight is 422 g/mol. The predicted octanol–water partition coefficient (Wildman–Crippen LogP) is 3.33. The number of benzene rings is 1. The lowest BCUT2D eigenvalue weighted by atomic mass is 10.2. The van der Waals surface area contributed by atoms with Gasteiger partial charge in [-0.2, -0.15) is 0 Å². The molecule has 2 saturated heterocycles. The molecule has 0 radical (unpaired) electrons. The van der Waals surface area contributed by atoms with Gasteiger partial charge in [-0.15, -0.1) is 0 Å². The summed E-state index contributed by atoms with van der Waals surface area (Å²) in [5.41, 5.74) is 0.449. The lowest BCUT2D eigenvalue weighted by molar-refractivity contribution is -0.129. The fourth-order valence-electron chi connectivity index (χ4n) is 3.82. The summed E-state index contributed by atoms with van der Waals surface area (Å²) >= 11 is 7.45. The number of likely N-dealkylation sites (tertiary alicyclic amines) is 1. The molecule has 0 N–H and O–H groups in total. The predicted molar refractivity (Wildman–Crippen MR) is 111 cm³/mol. The molecule has 150 valence electrons. The van der Waals surface area contributed by atoms with Crippen molar-refractivity contribution >= 4 is 40.2 Å². The molecule has 2 fully saturated rings. The normalized spacial score (nSPS) is 20.8. The molecule has 2 aromatic rings. The Labute approximate surface area is 173 Å². The zero-order valence-corrected chi connectivity index (χ0v) is 17.5. The monoisotopic (exact) mass is 421 g/mol. The van der Waals surface area contributed by atoms with E-state index in [9.17, 15) is 9.59 Å². The molecule has 6 nitrogen and oxygen atoms in total. The van der Waals surface area contributed by atoms with Crippen molar-refractivity contribution < 1.29 is 9.53 Å². The summed E-state index contributed by atoms with van der Waals surface area (Å²) in [5.74, 6) is 0.103. The zero-order chi connectivity index (χ0) is 19.7. The number of nitrogens with zero attached hydrogens (tertiary/aromatic N) is 3. The lowest BCUT2D eigenvalue weighted by Crippen LogP contribution is -2.35. The van der Waals surface area contributed by atoms with E-state index in [2.05, 4.69) is 0 Å². The van der Waals surface area contributed by atoms with Crippen molar-refractivity contribution in [2.45, 2.75) is 55.7 Å². The van der Waals surface area contributed by atoms with E-state index in [-0.39, 0.29) is 22.8 Å². The molecule has 0 spiro atoms. The van der Waals surface area contributed by atoms with Crippen LogP contribution in [0.2, 0.25) is 5.02 Å². The molecular weight excluding hydrogens is 398 g/mol. The minimum atomic E-state index is -0.308. The Hall–Kier alpha value is -1.57. The van der Waals surface area contributed by atoms with Crippen molar-refractivity contribution in [3.8, 4) is 0 Å². The van der Waals surface area contributed by atoms with Gasteiger partial charge in [-0.25, -0.2) is 4.98 Å². The van der Waals surface area contributed by atoms with Crippen molar-refractivity contribution in [2.75, 3.05) is 19.7 Å². The molecule has 2 atom stereocenters. The first-order valence-electron chi connectivity index (χ1n) is 9.80. The number of hydrogen-bond donors (Lipinski definition) is 0. The van der Waals surface area contributed by atoms with Crippen molar-refractivity contribution in [1.82, 2.24) is 14.5 Å². The fraction of sp³-hybridized carbons (Fsp3) is 0.550. The Morgan fingerprint density at radius 2 is 2.14 bits per heavy atom. The second-order valence-electron chi connectivity index (χ2n) is 7.40. The number of halogens is 1. The van der Waals surface area contributed by atoms with Crippen LogP contribution in [0, 0.1) is 0 Å². The molecular formula is C20H24ClN3O3S. The third-order valence-electron chi connectivity index (χ3n) is 5.34. The van der Waals surface area contributed by atoms with Crippen LogP contribution in [0.5, 0.6) is 0 Å². The highest BCUT2D eigenvalue weighted by molar-refractivity contribution is 8.00. The lowest BCUT2D eigenvalue weighted by Gasteiger charge is -2.22. The van der Waals surface area contributed by atoms with Crippen LogP contribution >= 0.6 is 23.4 Å². The Morgan fingerprint density at radius 1 is 1.36 bits per heavy atom. The van der Waals surface area contributed by atoms with Gasteiger partial charge in [-0.3, -0.25) is 14.2 Å². The first-order chi connectivity index (χ1) is 13.5. The van der Waals surface area contributed by atoms with Crippen LogP contribution in [0.3, 0.4) is 0 Å². The zero-order valence-electron chi connectivity index (χ0n) is 15.9. The van der Waals surface area contributed by atoms with E-state index in [4.69, 9.17) is 21.3 Å². The quantitative estimate of drug-likeness (QED) is 0.547. The largest absolute Gasteiger partial charge is 0.376 e. The van der Waals surface area contributed by atoms with Gasteiger partial charge in [0.15, 0.2) is 5.16 Å². The van der Waals surface area contributed by atoms with Gasteiger partial charge in [0.25, 0.3) is 5.56 Å². The van der Waals surface area contributed by atoms with Crippen LogP contribution in [0.1, 0.15) is 32.6 Å². The molecule has 1 aromatic heterocycles. The fourth-order valence-corrected chi connectivity index (χ4v) is 4.99. The molecule has 1 amide bonds. The van der Waals surface area contributed by atoms with E-state index in [1.807, 2.05) is 11.8 Å². The van der Waals surface area contributed by atoms with Gasteiger partial charge in [0.05, 0.1) is 28.8 Å². The highest BCUT2D eigenvalue weighted by Crippen LogP contribution is 2.27. The number of ether oxygens (including phenoxy) is 1. The van der Waals surface area contributed by atoms with Crippen molar-refractivity contribution in [3.63, 3.8) is 0 Å². The number of rotatable bonds is 5. The van der Waals surface area contributed by atoms with Crippen molar-refractivity contribution in [2.24, 2.45) is 0 Å². The summed E-state index contributed by atoms with van der Waals surface area (Å²) in [6, 6.07) is 5.12. The number of carbonyl (C=O) groups excluding carboxylic acids is 1. The van der Waals surface area contributed by atoms with Gasteiger partial charge >= 0.3 is 0 Å². The molecule has 0 unspecified atom stereocenters. The van der Waals surface area contributed by atoms with Crippen molar-refractivity contribution in [3.05, 3.63) is 33.6 Å². The molecule has 0 saturated carbocycles. The number of thioether (sulfide) groups is 1. The van der Waals surface area contributed by atoms with Gasteiger partial charge < -0.3 is 9.64 Å². The van der Waals surface area contributed by atoms with Crippen LogP contribution in [-0.2, 0) is 16.1 Å². The summed E-state index contributed by atoms with van der Waals surface area (Å²) in [6.07, 6.45) is 4.05. The summed E-state index contributed by atoms with van der Waals surface area (Å²) in [4.78, 5) is 32.5. The molecule has 2 aliphatic heterocycles. The van der Waals surface area contributed by atoms with E-state index < -0.39 is 0 Å². The summed E-state index contributed by atoms with van der Waals surface area (Å²) in [5, 5.41) is 1.31. The van der Waals surface area contributed by atoms with Gasteiger partial charge in [-0.1, -0.05) is 23.4 Å². The van der Waals surface area contributed by atoms with Gasteiger partial charge in [0, 0.05) is 24.7 Å². The van der Waals surface area contributed by atoms with Gasteiger partial charge in [0.1, 0.15) is 0 Å². The summed E-state index contributed by atoms with van der Waals surface area (Å²) < 4.78 is 7.41. The third kappa shape index (κ3) is 4.07. The number of fused-ring (bicyclic) bond motifs is 1. The Bertz CT molecular complexity index is 936. The highest BCUT2D eigenvalue weighted by atomic mass is 35.5. The van der Waals surface area contributed by atoms with Crippen LogP contribution < -0.4 is 5.56 Å². The van der Waals surface area contributed by atoms with Crippen LogP contribution in [0.4, 0.5) is 0 Å². The number of hydrogen-bond acceptors (Lipinski definition) is 5. The minimum Gasteiger partial charge on any atom is -0.376 e. The SMILES string of the molecule is C[C@@H](Sc1nc2cc(Cl)ccc2c(=O)n1C[C@H]1CCCO1)C(=O)N1CCCC1. The highest BCUT2D eigenvalue weighted by Gasteiger charge is 2.27. The maximum Gasteiger partial charge on any atom is 0.262 e. The molecule has 2 aliphatic rings. The summed E-state index contributed by atoms with van der Waals surface area (Å²) in [6.45, 7) is 4.69. The Morgan fingerprint density at radius 3 is 2.86 bits per heavy atom.